The van der Waals surface area contributed by atoms with Gasteiger partial charge in [-0.2, -0.15) is 0 Å². The average Bonchev–Trinajstić information content (AvgIpc) is 3.14. The zero-order valence-corrected chi connectivity index (χ0v) is 16.3. The number of benzene rings is 2. The number of piperazine rings is 1. The first-order valence-corrected chi connectivity index (χ1v) is 10.0. The Labute approximate surface area is 162 Å². The van der Waals surface area contributed by atoms with E-state index in [1.807, 2.05) is 30.1 Å². The Bertz CT molecular complexity index is 800. The number of hydrogen-bond donors (Lipinski definition) is 1. The molecule has 1 saturated heterocycles. The van der Waals surface area contributed by atoms with Crippen molar-refractivity contribution in [2.45, 2.75) is 31.3 Å². The van der Waals surface area contributed by atoms with E-state index in [2.05, 4.69) is 53.5 Å². The average molecular weight is 364 g/mol. The van der Waals surface area contributed by atoms with Crippen LogP contribution in [0.4, 0.5) is 0 Å². The van der Waals surface area contributed by atoms with Crippen LogP contribution in [-0.2, 0) is 16.8 Å². The second-order valence-corrected chi connectivity index (χ2v) is 7.76. The van der Waals surface area contributed by atoms with Crippen LogP contribution < -0.4 is 5.32 Å². The van der Waals surface area contributed by atoms with E-state index in [1.54, 1.807) is 0 Å². The summed E-state index contributed by atoms with van der Waals surface area (Å²) < 4.78 is 0. The van der Waals surface area contributed by atoms with Crippen LogP contribution in [-0.4, -0.2) is 48.9 Å². The molecule has 4 heteroatoms. The monoisotopic (exact) mass is 363 g/mol. The molecule has 0 unspecified atom stereocenters. The Morgan fingerprint density at radius 1 is 1.07 bits per heavy atom. The predicted octanol–water partition coefficient (Wildman–Crippen LogP) is 2.95. The molecule has 1 aliphatic carbocycles. The lowest BCUT2D eigenvalue weighted by molar-refractivity contribution is -0.147. The fourth-order valence-electron chi connectivity index (χ4n) is 4.75. The highest BCUT2D eigenvalue weighted by Crippen LogP contribution is 2.44. The van der Waals surface area contributed by atoms with Gasteiger partial charge in [0.1, 0.15) is 5.54 Å². The third-order valence-corrected chi connectivity index (χ3v) is 6.41. The number of fused-ring (bicyclic) bond motifs is 1. The van der Waals surface area contributed by atoms with Crippen LogP contribution >= 0.6 is 0 Å². The van der Waals surface area contributed by atoms with Gasteiger partial charge in [0, 0.05) is 33.2 Å². The van der Waals surface area contributed by atoms with Crippen LogP contribution in [0, 0.1) is 0 Å². The summed E-state index contributed by atoms with van der Waals surface area (Å²) in [7, 11) is 1.96. The van der Waals surface area contributed by atoms with Gasteiger partial charge in [-0.25, -0.2) is 0 Å². The van der Waals surface area contributed by atoms with Crippen molar-refractivity contribution < 1.29 is 4.79 Å². The van der Waals surface area contributed by atoms with Crippen molar-refractivity contribution in [3.05, 3.63) is 71.3 Å². The number of nitrogens with zero attached hydrogens (tertiary/aromatic N) is 2. The van der Waals surface area contributed by atoms with E-state index >= 15 is 0 Å². The summed E-state index contributed by atoms with van der Waals surface area (Å²) in [5.41, 5.74) is 3.18. The number of carbonyl (C=O) groups is 1. The van der Waals surface area contributed by atoms with Crippen molar-refractivity contribution in [1.29, 1.82) is 0 Å². The molecule has 0 aromatic heterocycles. The third kappa shape index (κ3) is 3.07. The van der Waals surface area contributed by atoms with E-state index in [1.165, 1.54) is 16.7 Å². The van der Waals surface area contributed by atoms with Crippen molar-refractivity contribution in [2.24, 2.45) is 0 Å². The van der Waals surface area contributed by atoms with Crippen molar-refractivity contribution in [1.82, 2.24) is 15.1 Å². The predicted molar refractivity (Wildman–Crippen MR) is 109 cm³/mol. The molecule has 4 nitrogen and oxygen atoms in total. The highest BCUT2D eigenvalue weighted by atomic mass is 16.2. The third-order valence-electron chi connectivity index (χ3n) is 6.41. The smallest absolute Gasteiger partial charge is 0.247 e. The fraction of sp³-hybridized carbons (Fsp3) is 0.435. The van der Waals surface area contributed by atoms with Crippen LogP contribution in [0.2, 0.25) is 0 Å². The Morgan fingerprint density at radius 3 is 2.48 bits per heavy atom. The molecule has 4 rings (SSSR count). The van der Waals surface area contributed by atoms with Crippen molar-refractivity contribution in [3.63, 3.8) is 0 Å². The second kappa shape index (κ2) is 7.45. The first-order valence-electron chi connectivity index (χ1n) is 10.0. The highest BCUT2D eigenvalue weighted by Gasteiger charge is 2.51. The number of rotatable bonds is 4. The lowest BCUT2D eigenvalue weighted by Crippen LogP contribution is -2.60. The maximum Gasteiger partial charge on any atom is 0.247 e. The van der Waals surface area contributed by atoms with E-state index in [-0.39, 0.29) is 11.9 Å². The minimum absolute atomic E-state index is 0.0475. The van der Waals surface area contributed by atoms with Crippen molar-refractivity contribution in [3.8, 4) is 0 Å². The molecular formula is C23H29N3O. The van der Waals surface area contributed by atoms with E-state index in [4.69, 9.17) is 0 Å². The Balaban J connectivity index is 1.72. The van der Waals surface area contributed by atoms with E-state index in [0.717, 1.165) is 39.0 Å². The van der Waals surface area contributed by atoms with Gasteiger partial charge in [-0.05, 0) is 36.5 Å². The van der Waals surface area contributed by atoms with Gasteiger partial charge >= 0.3 is 0 Å². The molecular weight excluding hydrogens is 334 g/mol. The van der Waals surface area contributed by atoms with Gasteiger partial charge in [0.2, 0.25) is 5.91 Å². The molecule has 1 heterocycles. The zero-order chi connectivity index (χ0) is 18.9. The van der Waals surface area contributed by atoms with Gasteiger partial charge in [-0.15, -0.1) is 0 Å². The van der Waals surface area contributed by atoms with Gasteiger partial charge < -0.3 is 10.2 Å². The number of amides is 1. The topological polar surface area (TPSA) is 35.6 Å². The van der Waals surface area contributed by atoms with E-state index in [0.29, 0.717) is 0 Å². The molecule has 27 heavy (non-hydrogen) atoms. The van der Waals surface area contributed by atoms with Crippen LogP contribution in [0.25, 0.3) is 0 Å². The number of likely N-dealkylation sites (N-methyl/N-ethyl adjacent to an activating group) is 1. The van der Waals surface area contributed by atoms with E-state index < -0.39 is 5.54 Å². The summed E-state index contributed by atoms with van der Waals surface area (Å²) in [6.07, 6.45) is 1.84. The molecule has 1 amide bonds. The first-order chi connectivity index (χ1) is 13.1. The molecule has 142 valence electrons. The summed E-state index contributed by atoms with van der Waals surface area (Å²) in [6, 6.07) is 18.9. The SMILES string of the molecule is C[C@@H](c1ccccc1)N(C)C(=O)[C@]1(N2CCNCC2)CCc2ccccc21. The fourth-order valence-corrected chi connectivity index (χ4v) is 4.75. The molecule has 1 N–H and O–H groups in total. The molecule has 1 aliphatic heterocycles. The minimum atomic E-state index is -0.531. The minimum Gasteiger partial charge on any atom is -0.337 e. The Morgan fingerprint density at radius 2 is 1.74 bits per heavy atom. The quantitative estimate of drug-likeness (QED) is 0.907. The molecule has 2 atom stereocenters. The van der Waals surface area contributed by atoms with Crippen LogP contribution in [0.3, 0.4) is 0 Å². The number of carbonyl (C=O) groups excluding carboxylic acids is 1. The van der Waals surface area contributed by atoms with Crippen LogP contribution in [0.1, 0.15) is 36.1 Å². The largest absolute Gasteiger partial charge is 0.337 e. The number of aryl methyl sites for hydroxylation is 1. The summed E-state index contributed by atoms with van der Waals surface area (Å²) in [5.74, 6) is 0.228. The normalized spacial score (nSPS) is 23.6. The molecule has 0 saturated carbocycles. The highest BCUT2D eigenvalue weighted by molar-refractivity contribution is 5.89. The summed E-state index contributed by atoms with van der Waals surface area (Å²) in [6.45, 7) is 5.82. The Hall–Kier alpha value is -2.17. The van der Waals surface area contributed by atoms with Gasteiger partial charge in [0.15, 0.2) is 0 Å². The standard InChI is InChI=1S/C23H29N3O/c1-18(19-8-4-3-5-9-19)25(2)22(27)23(26-16-14-24-15-17-26)13-12-20-10-6-7-11-21(20)23/h3-11,18,24H,12-17H2,1-2H3/t18-,23-/m0/s1. The second-order valence-electron chi connectivity index (χ2n) is 7.76. The lowest BCUT2D eigenvalue weighted by Gasteiger charge is -2.45. The summed E-state index contributed by atoms with van der Waals surface area (Å²) in [4.78, 5) is 18.4. The molecule has 2 aromatic carbocycles. The van der Waals surface area contributed by atoms with Crippen molar-refractivity contribution >= 4 is 5.91 Å². The first kappa shape index (κ1) is 18.2. The Kier molecular flexibility index (Phi) is 5.02. The van der Waals surface area contributed by atoms with Gasteiger partial charge in [-0.1, -0.05) is 54.6 Å². The van der Waals surface area contributed by atoms with Gasteiger partial charge in [-0.3, -0.25) is 9.69 Å². The molecule has 0 spiro atoms. The van der Waals surface area contributed by atoms with Gasteiger partial charge in [0.25, 0.3) is 0 Å². The van der Waals surface area contributed by atoms with Crippen LogP contribution in [0.5, 0.6) is 0 Å². The number of nitrogens with one attached hydrogen (secondary N) is 1. The number of hydrogen-bond acceptors (Lipinski definition) is 3. The molecule has 2 aromatic rings. The molecule has 1 fully saturated rings. The van der Waals surface area contributed by atoms with Gasteiger partial charge in [0.05, 0.1) is 6.04 Å². The molecule has 0 radical (unpaired) electrons. The molecule has 2 aliphatic rings. The zero-order valence-electron chi connectivity index (χ0n) is 16.3. The van der Waals surface area contributed by atoms with Crippen LogP contribution in [0.15, 0.2) is 54.6 Å². The summed E-state index contributed by atoms with van der Waals surface area (Å²) in [5, 5.41) is 3.43. The summed E-state index contributed by atoms with van der Waals surface area (Å²) >= 11 is 0. The van der Waals surface area contributed by atoms with Crippen molar-refractivity contribution in [2.75, 3.05) is 33.2 Å². The maximum atomic E-state index is 14.0. The van der Waals surface area contributed by atoms with E-state index in [9.17, 15) is 4.79 Å². The lowest BCUT2D eigenvalue weighted by atomic mass is 9.86. The molecule has 0 bridgehead atoms. The maximum absolute atomic E-state index is 14.0.